The number of methoxy groups -OCH3 is 2. The van der Waals surface area contributed by atoms with Gasteiger partial charge in [0.15, 0.2) is 0 Å². The third kappa shape index (κ3) is 3.22. The van der Waals surface area contributed by atoms with Gasteiger partial charge in [-0.2, -0.15) is 0 Å². The molecule has 3 rings (SSSR count). The number of hydrogen-bond acceptors (Lipinski definition) is 6. The molecule has 6 heteroatoms. The van der Waals surface area contributed by atoms with E-state index < -0.39 is 12.1 Å². The first-order chi connectivity index (χ1) is 11.6. The molecule has 1 aliphatic heterocycles. The van der Waals surface area contributed by atoms with Gasteiger partial charge in [0.05, 0.1) is 19.8 Å². The lowest BCUT2D eigenvalue weighted by atomic mass is 10.0. The van der Waals surface area contributed by atoms with Gasteiger partial charge in [-0.3, -0.25) is 0 Å². The van der Waals surface area contributed by atoms with Gasteiger partial charge in [0.25, 0.3) is 0 Å². The summed E-state index contributed by atoms with van der Waals surface area (Å²) in [5.74, 6) is 1.44. The maximum atomic E-state index is 12.2. The summed E-state index contributed by atoms with van der Waals surface area (Å²) >= 11 is 0. The fourth-order valence-electron chi connectivity index (χ4n) is 2.62. The molecule has 6 nitrogen and oxygen atoms in total. The second kappa shape index (κ2) is 6.70. The predicted octanol–water partition coefficient (Wildman–Crippen LogP) is 2.57. The lowest BCUT2D eigenvalue weighted by Gasteiger charge is -2.27. The van der Waals surface area contributed by atoms with Crippen LogP contribution < -0.4 is 14.2 Å². The highest BCUT2D eigenvalue weighted by Gasteiger charge is 2.27. The van der Waals surface area contributed by atoms with Gasteiger partial charge in [0, 0.05) is 24.1 Å². The van der Waals surface area contributed by atoms with Crippen molar-refractivity contribution in [2.45, 2.75) is 12.5 Å². The van der Waals surface area contributed by atoms with E-state index in [1.54, 1.807) is 38.5 Å². The van der Waals surface area contributed by atoms with Crippen LogP contribution in [0.25, 0.3) is 0 Å². The van der Waals surface area contributed by atoms with Gasteiger partial charge >= 0.3 is 5.97 Å². The third-order valence-electron chi connectivity index (χ3n) is 3.81. The molecular weight excluding hydrogens is 312 g/mol. The van der Waals surface area contributed by atoms with Crippen molar-refractivity contribution >= 4 is 5.97 Å². The molecule has 0 radical (unpaired) electrons. The van der Waals surface area contributed by atoms with Gasteiger partial charge in [-0.05, 0) is 18.2 Å². The van der Waals surface area contributed by atoms with Gasteiger partial charge in [-0.25, -0.2) is 4.79 Å². The Hall–Kier alpha value is -2.89. The Morgan fingerprint density at radius 1 is 1.21 bits per heavy atom. The number of aromatic hydroxyl groups is 1. The summed E-state index contributed by atoms with van der Waals surface area (Å²) in [6.45, 7) is 0.244. The maximum Gasteiger partial charge on any atom is 0.338 e. The van der Waals surface area contributed by atoms with E-state index in [0.29, 0.717) is 29.2 Å². The number of ether oxygens (including phenoxy) is 4. The first kappa shape index (κ1) is 16.0. The van der Waals surface area contributed by atoms with E-state index in [1.165, 1.54) is 12.1 Å². The molecule has 2 aromatic rings. The molecule has 24 heavy (non-hydrogen) atoms. The molecule has 1 atom stereocenters. The van der Waals surface area contributed by atoms with Crippen molar-refractivity contribution in [1.29, 1.82) is 0 Å². The Bertz CT molecular complexity index is 738. The molecule has 0 aliphatic carbocycles. The zero-order valence-corrected chi connectivity index (χ0v) is 13.4. The molecule has 1 unspecified atom stereocenters. The molecular formula is C18H18O6. The molecule has 0 aromatic heterocycles. The SMILES string of the molecule is COc1cc(OC)c2c(c1)OCC(OC(=O)c1cccc(O)c1)C2. The second-order valence-corrected chi connectivity index (χ2v) is 5.40. The Kier molecular flexibility index (Phi) is 4.46. The van der Waals surface area contributed by atoms with E-state index in [9.17, 15) is 9.90 Å². The van der Waals surface area contributed by atoms with Gasteiger partial charge in [-0.15, -0.1) is 0 Å². The summed E-state index contributed by atoms with van der Waals surface area (Å²) < 4.78 is 21.8. The number of hydrogen-bond donors (Lipinski definition) is 1. The van der Waals surface area contributed by atoms with Crippen molar-refractivity contribution in [3.8, 4) is 23.0 Å². The van der Waals surface area contributed by atoms with Crippen LogP contribution >= 0.6 is 0 Å². The van der Waals surface area contributed by atoms with Gasteiger partial charge in [0.2, 0.25) is 0 Å². The Labute approximate surface area is 139 Å². The molecule has 1 N–H and O–H groups in total. The number of phenols is 1. The number of esters is 1. The zero-order valence-electron chi connectivity index (χ0n) is 13.4. The summed E-state index contributed by atoms with van der Waals surface area (Å²) in [6, 6.07) is 9.59. The predicted molar refractivity (Wildman–Crippen MR) is 86.1 cm³/mol. The first-order valence-electron chi connectivity index (χ1n) is 7.48. The van der Waals surface area contributed by atoms with Crippen molar-refractivity contribution in [2.24, 2.45) is 0 Å². The van der Waals surface area contributed by atoms with Crippen molar-refractivity contribution in [3.05, 3.63) is 47.5 Å². The standard InChI is InChI=1S/C18H18O6/c1-21-13-8-16(22-2)15-7-14(10-23-17(15)9-13)24-18(20)11-4-3-5-12(19)6-11/h3-6,8-9,14,19H,7,10H2,1-2H3. The highest BCUT2D eigenvalue weighted by atomic mass is 16.6. The van der Waals surface area contributed by atoms with Crippen molar-refractivity contribution < 1.29 is 28.8 Å². The largest absolute Gasteiger partial charge is 0.508 e. The Morgan fingerprint density at radius 3 is 2.75 bits per heavy atom. The van der Waals surface area contributed by atoms with E-state index in [0.717, 1.165) is 5.56 Å². The third-order valence-corrected chi connectivity index (χ3v) is 3.81. The Balaban J connectivity index is 1.76. The highest BCUT2D eigenvalue weighted by Crippen LogP contribution is 2.37. The molecule has 1 heterocycles. The van der Waals surface area contributed by atoms with E-state index in [2.05, 4.69) is 0 Å². The zero-order chi connectivity index (χ0) is 17.1. The van der Waals surface area contributed by atoms with E-state index in [1.807, 2.05) is 0 Å². The number of phenolic OH excluding ortho intramolecular Hbond substituents is 1. The monoisotopic (exact) mass is 330 g/mol. The molecule has 0 amide bonds. The minimum absolute atomic E-state index is 0.0171. The topological polar surface area (TPSA) is 74.2 Å². The van der Waals surface area contributed by atoms with Crippen LogP contribution in [0.4, 0.5) is 0 Å². The van der Waals surface area contributed by atoms with Gasteiger partial charge in [-0.1, -0.05) is 6.07 Å². The molecule has 2 aromatic carbocycles. The number of benzene rings is 2. The van der Waals surface area contributed by atoms with Gasteiger partial charge in [0.1, 0.15) is 35.7 Å². The quantitative estimate of drug-likeness (QED) is 0.869. The normalized spacial score (nSPS) is 15.8. The fraction of sp³-hybridized carbons (Fsp3) is 0.278. The number of carbonyl (C=O) groups is 1. The van der Waals surface area contributed by atoms with Crippen LogP contribution in [0.5, 0.6) is 23.0 Å². The summed E-state index contributed by atoms with van der Waals surface area (Å²) in [7, 11) is 3.14. The van der Waals surface area contributed by atoms with Crippen LogP contribution in [0.3, 0.4) is 0 Å². The molecule has 0 bridgehead atoms. The second-order valence-electron chi connectivity index (χ2n) is 5.40. The molecule has 0 spiro atoms. The highest BCUT2D eigenvalue weighted by molar-refractivity contribution is 5.90. The molecule has 0 saturated heterocycles. The minimum Gasteiger partial charge on any atom is -0.508 e. The summed E-state index contributed by atoms with van der Waals surface area (Å²) in [4.78, 5) is 12.2. The average Bonchev–Trinajstić information content (AvgIpc) is 2.60. The van der Waals surface area contributed by atoms with Crippen molar-refractivity contribution in [1.82, 2.24) is 0 Å². The smallest absolute Gasteiger partial charge is 0.338 e. The molecule has 0 saturated carbocycles. The van der Waals surface area contributed by atoms with Crippen molar-refractivity contribution in [3.63, 3.8) is 0 Å². The van der Waals surface area contributed by atoms with Crippen LogP contribution in [-0.2, 0) is 11.2 Å². The number of rotatable bonds is 4. The van der Waals surface area contributed by atoms with Crippen LogP contribution in [0.1, 0.15) is 15.9 Å². The molecule has 126 valence electrons. The van der Waals surface area contributed by atoms with E-state index >= 15 is 0 Å². The number of fused-ring (bicyclic) bond motifs is 1. The number of carbonyl (C=O) groups excluding carboxylic acids is 1. The van der Waals surface area contributed by atoms with E-state index in [4.69, 9.17) is 18.9 Å². The van der Waals surface area contributed by atoms with Crippen LogP contribution in [0.2, 0.25) is 0 Å². The van der Waals surface area contributed by atoms with E-state index in [-0.39, 0.29) is 12.4 Å². The first-order valence-corrected chi connectivity index (χ1v) is 7.48. The Morgan fingerprint density at radius 2 is 2.04 bits per heavy atom. The molecule has 0 fully saturated rings. The fourth-order valence-corrected chi connectivity index (χ4v) is 2.62. The van der Waals surface area contributed by atoms with Gasteiger partial charge < -0.3 is 24.1 Å². The summed E-state index contributed by atoms with van der Waals surface area (Å²) in [6.07, 6.45) is 0.0437. The van der Waals surface area contributed by atoms with Crippen LogP contribution in [0, 0.1) is 0 Å². The maximum absolute atomic E-state index is 12.2. The summed E-state index contributed by atoms with van der Waals surface area (Å²) in [5, 5.41) is 9.45. The van der Waals surface area contributed by atoms with Crippen LogP contribution in [-0.4, -0.2) is 38.0 Å². The lowest BCUT2D eigenvalue weighted by Crippen LogP contribution is -2.31. The summed E-state index contributed by atoms with van der Waals surface area (Å²) in [5.41, 5.74) is 1.13. The lowest BCUT2D eigenvalue weighted by molar-refractivity contribution is 0.0128. The van der Waals surface area contributed by atoms with Crippen molar-refractivity contribution in [2.75, 3.05) is 20.8 Å². The minimum atomic E-state index is -0.504. The van der Waals surface area contributed by atoms with Crippen LogP contribution in [0.15, 0.2) is 36.4 Å². The average molecular weight is 330 g/mol. The molecule has 1 aliphatic rings.